The van der Waals surface area contributed by atoms with Gasteiger partial charge in [0.25, 0.3) is 0 Å². The van der Waals surface area contributed by atoms with Crippen LogP contribution in [-0.2, 0) is 0 Å². The van der Waals surface area contributed by atoms with Crippen molar-refractivity contribution in [2.45, 2.75) is 0 Å². The van der Waals surface area contributed by atoms with Crippen molar-refractivity contribution in [1.29, 1.82) is 0 Å². The molecule has 0 saturated heterocycles. The average molecular weight is 327 g/mol. The van der Waals surface area contributed by atoms with E-state index in [0.717, 1.165) is 12.1 Å². The summed E-state index contributed by atoms with van der Waals surface area (Å²) >= 11 is 3.21. The number of hydrogen-bond acceptors (Lipinski definition) is 4. The van der Waals surface area contributed by atoms with Gasteiger partial charge in [0.1, 0.15) is 11.6 Å². The minimum atomic E-state index is -1.39. The van der Waals surface area contributed by atoms with Crippen LogP contribution in [0.15, 0.2) is 35.1 Å². The van der Waals surface area contributed by atoms with Gasteiger partial charge in [-0.05, 0) is 28.1 Å². The molecular weight excluding hydrogens is 319 g/mol. The molecule has 1 aromatic heterocycles. The largest absolute Gasteiger partial charge is 0.478 e. The first kappa shape index (κ1) is 13.3. The second-order valence-corrected chi connectivity index (χ2v) is 4.53. The molecule has 7 heteroatoms. The van der Waals surface area contributed by atoms with Crippen molar-refractivity contribution < 1.29 is 19.0 Å². The summed E-state index contributed by atoms with van der Waals surface area (Å²) in [4.78, 5) is 14.6. The van der Waals surface area contributed by atoms with E-state index < -0.39 is 17.3 Å². The van der Waals surface area contributed by atoms with Crippen LogP contribution in [0.3, 0.4) is 0 Å². The van der Waals surface area contributed by atoms with E-state index in [4.69, 9.17) is 15.6 Å². The number of nitrogens with two attached hydrogens (primary N) is 1. The standard InChI is InChI=1S/C12H8BrFN2O3/c13-6-1-7(5-16-4-6)19-11-3-9(14)8(12(17)18)2-10(11)15/h1-5H,15H2,(H,17,18). The lowest BCUT2D eigenvalue weighted by molar-refractivity contribution is 0.0692. The van der Waals surface area contributed by atoms with Crippen LogP contribution in [0, 0.1) is 5.82 Å². The summed E-state index contributed by atoms with van der Waals surface area (Å²) in [6.07, 6.45) is 2.98. The van der Waals surface area contributed by atoms with Gasteiger partial charge in [-0.15, -0.1) is 0 Å². The monoisotopic (exact) mass is 326 g/mol. The first-order valence-electron chi connectivity index (χ1n) is 5.08. The van der Waals surface area contributed by atoms with Gasteiger partial charge in [-0.1, -0.05) is 0 Å². The number of ether oxygens (including phenoxy) is 1. The van der Waals surface area contributed by atoms with Crippen molar-refractivity contribution in [2.24, 2.45) is 0 Å². The molecule has 2 aromatic rings. The highest BCUT2D eigenvalue weighted by molar-refractivity contribution is 9.10. The smallest absolute Gasteiger partial charge is 0.338 e. The summed E-state index contributed by atoms with van der Waals surface area (Å²) in [7, 11) is 0. The quantitative estimate of drug-likeness (QED) is 0.846. The molecule has 0 aliphatic rings. The molecule has 3 N–H and O–H groups in total. The summed E-state index contributed by atoms with van der Waals surface area (Å²) in [5.41, 5.74) is 5.15. The van der Waals surface area contributed by atoms with Crippen LogP contribution in [0.5, 0.6) is 11.5 Å². The number of nitrogen functional groups attached to an aromatic ring is 1. The number of carbonyl (C=O) groups is 1. The molecule has 0 unspecified atom stereocenters. The van der Waals surface area contributed by atoms with Crippen molar-refractivity contribution in [3.63, 3.8) is 0 Å². The number of hydrogen-bond donors (Lipinski definition) is 2. The van der Waals surface area contributed by atoms with Gasteiger partial charge >= 0.3 is 5.97 Å². The lowest BCUT2D eigenvalue weighted by Gasteiger charge is -2.09. The van der Waals surface area contributed by atoms with Gasteiger partial charge in [0.2, 0.25) is 0 Å². The third-order valence-electron chi connectivity index (χ3n) is 2.24. The lowest BCUT2D eigenvalue weighted by Crippen LogP contribution is -2.03. The number of pyridine rings is 1. The molecule has 2 rings (SSSR count). The summed E-state index contributed by atoms with van der Waals surface area (Å²) in [6, 6.07) is 3.56. The Morgan fingerprint density at radius 2 is 2.11 bits per heavy atom. The maximum absolute atomic E-state index is 13.5. The molecule has 0 saturated carbocycles. The van der Waals surface area contributed by atoms with Crippen molar-refractivity contribution in [2.75, 3.05) is 5.73 Å². The number of benzene rings is 1. The number of carboxylic acids is 1. The van der Waals surface area contributed by atoms with Crippen LogP contribution in [0.4, 0.5) is 10.1 Å². The van der Waals surface area contributed by atoms with Crippen molar-refractivity contribution >= 4 is 27.6 Å². The first-order chi connectivity index (χ1) is 8.97. The maximum atomic E-state index is 13.5. The number of rotatable bonds is 3. The van der Waals surface area contributed by atoms with E-state index in [2.05, 4.69) is 20.9 Å². The Balaban J connectivity index is 2.36. The molecule has 0 aliphatic heterocycles. The SMILES string of the molecule is Nc1cc(C(=O)O)c(F)cc1Oc1cncc(Br)c1. The van der Waals surface area contributed by atoms with Crippen LogP contribution >= 0.6 is 15.9 Å². The zero-order valence-corrected chi connectivity index (χ0v) is 11.0. The fourth-order valence-electron chi connectivity index (χ4n) is 1.40. The Morgan fingerprint density at radius 1 is 1.37 bits per heavy atom. The second-order valence-electron chi connectivity index (χ2n) is 3.62. The molecule has 5 nitrogen and oxygen atoms in total. The highest BCUT2D eigenvalue weighted by atomic mass is 79.9. The Labute approximate surface area is 116 Å². The summed E-state index contributed by atoms with van der Waals surface area (Å²) in [6.45, 7) is 0. The fourth-order valence-corrected chi connectivity index (χ4v) is 1.74. The summed E-state index contributed by atoms with van der Waals surface area (Å²) in [5.74, 6) is -1.93. The minimum Gasteiger partial charge on any atom is -0.478 e. The number of nitrogens with zero attached hydrogens (tertiary/aromatic N) is 1. The zero-order chi connectivity index (χ0) is 14.0. The van der Waals surface area contributed by atoms with Gasteiger partial charge in [0, 0.05) is 16.7 Å². The van der Waals surface area contributed by atoms with E-state index >= 15 is 0 Å². The number of aromatic carboxylic acids is 1. The number of aromatic nitrogens is 1. The van der Waals surface area contributed by atoms with Gasteiger partial charge in [0.15, 0.2) is 5.75 Å². The van der Waals surface area contributed by atoms with Crippen LogP contribution in [-0.4, -0.2) is 16.1 Å². The minimum absolute atomic E-state index is 0.0266. The molecule has 19 heavy (non-hydrogen) atoms. The highest BCUT2D eigenvalue weighted by Crippen LogP contribution is 2.30. The van der Waals surface area contributed by atoms with Crippen molar-refractivity contribution in [3.05, 3.63) is 46.4 Å². The van der Waals surface area contributed by atoms with Crippen molar-refractivity contribution in [1.82, 2.24) is 4.98 Å². The third-order valence-corrected chi connectivity index (χ3v) is 2.67. The first-order valence-corrected chi connectivity index (χ1v) is 5.87. The summed E-state index contributed by atoms with van der Waals surface area (Å²) in [5, 5.41) is 8.75. The second kappa shape index (κ2) is 5.23. The van der Waals surface area contributed by atoms with Crippen LogP contribution in [0.1, 0.15) is 10.4 Å². The molecule has 0 fully saturated rings. The molecular formula is C12H8BrFN2O3. The highest BCUT2D eigenvalue weighted by Gasteiger charge is 2.15. The lowest BCUT2D eigenvalue weighted by atomic mass is 10.2. The molecule has 0 radical (unpaired) electrons. The molecule has 0 spiro atoms. The Bertz CT molecular complexity index is 649. The van der Waals surface area contributed by atoms with Crippen molar-refractivity contribution in [3.8, 4) is 11.5 Å². The van der Waals surface area contributed by atoms with Gasteiger partial charge in [-0.2, -0.15) is 0 Å². The molecule has 0 aliphatic carbocycles. The number of carboxylic acid groups (broad SMARTS) is 1. The molecule has 0 atom stereocenters. The Morgan fingerprint density at radius 3 is 2.74 bits per heavy atom. The van der Waals surface area contributed by atoms with Crippen LogP contribution in [0.25, 0.3) is 0 Å². The molecule has 1 heterocycles. The van der Waals surface area contributed by atoms with E-state index in [-0.39, 0.29) is 11.4 Å². The third kappa shape index (κ3) is 3.00. The van der Waals surface area contributed by atoms with Crippen LogP contribution in [0.2, 0.25) is 0 Å². The topological polar surface area (TPSA) is 85.4 Å². The number of anilines is 1. The van der Waals surface area contributed by atoms with Gasteiger partial charge < -0.3 is 15.6 Å². The molecule has 0 amide bonds. The predicted octanol–water partition coefficient (Wildman–Crippen LogP) is 3.06. The van der Waals surface area contributed by atoms with E-state index in [9.17, 15) is 9.18 Å². The average Bonchev–Trinajstić information content (AvgIpc) is 2.33. The van der Waals surface area contributed by atoms with Gasteiger partial charge in [-0.3, -0.25) is 4.98 Å². The molecule has 0 bridgehead atoms. The van der Waals surface area contributed by atoms with E-state index in [1.807, 2.05) is 0 Å². The molecule has 98 valence electrons. The number of halogens is 2. The fraction of sp³-hybridized carbons (Fsp3) is 0. The Kier molecular flexibility index (Phi) is 3.66. The van der Waals surface area contributed by atoms with Gasteiger partial charge in [-0.25, -0.2) is 9.18 Å². The maximum Gasteiger partial charge on any atom is 0.338 e. The predicted molar refractivity (Wildman–Crippen MR) is 69.8 cm³/mol. The Hall–Kier alpha value is -2.15. The normalized spacial score (nSPS) is 10.2. The zero-order valence-electron chi connectivity index (χ0n) is 9.43. The van der Waals surface area contributed by atoms with E-state index in [0.29, 0.717) is 10.2 Å². The van der Waals surface area contributed by atoms with E-state index in [1.165, 1.54) is 6.20 Å². The van der Waals surface area contributed by atoms with Crippen LogP contribution < -0.4 is 10.5 Å². The summed E-state index contributed by atoms with van der Waals surface area (Å²) < 4.78 is 19.6. The van der Waals surface area contributed by atoms with E-state index in [1.54, 1.807) is 12.3 Å². The molecule has 1 aromatic carbocycles. The van der Waals surface area contributed by atoms with Gasteiger partial charge in [0.05, 0.1) is 17.4 Å².